The molecule has 7 heteroatoms. The number of thiazole rings is 1. The average molecular weight is 379 g/mol. The van der Waals surface area contributed by atoms with Crippen LogP contribution in [0.15, 0.2) is 65.2 Å². The number of benzene rings is 2. The normalized spacial score (nSPS) is 11.3. The van der Waals surface area contributed by atoms with E-state index in [0.29, 0.717) is 23.0 Å². The van der Waals surface area contributed by atoms with E-state index in [-0.39, 0.29) is 11.7 Å². The fourth-order valence-electron chi connectivity index (χ4n) is 2.51. The van der Waals surface area contributed by atoms with Crippen molar-refractivity contribution in [2.75, 3.05) is 5.32 Å². The molecule has 0 saturated carbocycles. The zero-order chi connectivity index (χ0) is 18.6. The van der Waals surface area contributed by atoms with Crippen LogP contribution in [0.25, 0.3) is 17.2 Å². The van der Waals surface area contributed by atoms with Crippen molar-refractivity contribution in [1.82, 2.24) is 9.97 Å². The highest BCUT2D eigenvalue weighted by atomic mass is 32.1. The lowest BCUT2D eigenvalue weighted by molar-refractivity contribution is -0.111. The van der Waals surface area contributed by atoms with Gasteiger partial charge in [-0.25, -0.2) is 14.4 Å². The lowest BCUT2D eigenvalue weighted by Gasteiger charge is -1.98. The van der Waals surface area contributed by atoms with E-state index >= 15 is 0 Å². The molecule has 5 nitrogen and oxygen atoms in total. The Morgan fingerprint density at radius 3 is 2.81 bits per heavy atom. The third kappa shape index (κ3) is 4.27. The maximum Gasteiger partial charge on any atom is 0.250 e. The van der Waals surface area contributed by atoms with Crippen LogP contribution >= 0.6 is 11.3 Å². The Kier molecular flexibility index (Phi) is 4.76. The van der Waals surface area contributed by atoms with Crippen molar-refractivity contribution >= 4 is 39.6 Å². The second-order valence-electron chi connectivity index (χ2n) is 5.78. The second-order valence-corrected chi connectivity index (χ2v) is 6.89. The van der Waals surface area contributed by atoms with Crippen molar-refractivity contribution in [1.29, 1.82) is 0 Å². The summed E-state index contributed by atoms with van der Waals surface area (Å²) >= 11 is 1.38. The van der Waals surface area contributed by atoms with Gasteiger partial charge in [0.2, 0.25) is 11.8 Å². The smallest absolute Gasteiger partial charge is 0.250 e. The Bertz CT molecular complexity index is 1080. The SMILES string of the molecule is O=C(/C=C/c1nc2ccccc2o1)Nc1ncc(Cc2ccc(F)cc2)s1. The number of amides is 1. The number of hydrogen-bond donors (Lipinski definition) is 1. The molecule has 4 rings (SSSR count). The van der Waals surface area contributed by atoms with Crippen molar-refractivity contribution in [2.45, 2.75) is 6.42 Å². The van der Waals surface area contributed by atoms with Gasteiger partial charge in [0, 0.05) is 29.6 Å². The largest absolute Gasteiger partial charge is 0.437 e. The zero-order valence-corrected chi connectivity index (χ0v) is 14.9. The predicted octanol–water partition coefficient (Wildman–Crippen LogP) is 4.67. The lowest BCUT2D eigenvalue weighted by Crippen LogP contribution is -2.07. The van der Waals surface area contributed by atoms with Crippen molar-refractivity contribution in [3.8, 4) is 0 Å². The minimum Gasteiger partial charge on any atom is -0.437 e. The number of anilines is 1. The summed E-state index contributed by atoms with van der Waals surface area (Å²) in [6, 6.07) is 13.7. The topological polar surface area (TPSA) is 68.0 Å². The maximum absolute atomic E-state index is 13.0. The van der Waals surface area contributed by atoms with Crippen LogP contribution in [0.1, 0.15) is 16.3 Å². The quantitative estimate of drug-likeness (QED) is 0.512. The first-order valence-electron chi connectivity index (χ1n) is 8.19. The first-order chi connectivity index (χ1) is 13.2. The number of fused-ring (bicyclic) bond motifs is 1. The van der Waals surface area contributed by atoms with Gasteiger partial charge in [0.1, 0.15) is 11.3 Å². The highest BCUT2D eigenvalue weighted by Crippen LogP contribution is 2.21. The molecule has 0 aliphatic heterocycles. The van der Waals surface area contributed by atoms with E-state index in [2.05, 4.69) is 15.3 Å². The Morgan fingerprint density at radius 1 is 1.19 bits per heavy atom. The molecule has 2 heterocycles. The van der Waals surface area contributed by atoms with Crippen LogP contribution in [-0.2, 0) is 11.2 Å². The number of oxazole rings is 1. The first-order valence-corrected chi connectivity index (χ1v) is 9.01. The van der Waals surface area contributed by atoms with Gasteiger partial charge in [-0.2, -0.15) is 0 Å². The minimum absolute atomic E-state index is 0.262. The summed E-state index contributed by atoms with van der Waals surface area (Å²) in [6.07, 6.45) is 5.20. The first kappa shape index (κ1) is 17.1. The molecule has 0 radical (unpaired) electrons. The van der Waals surface area contributed by atoms with Crippen molar-refractivity contribution in [2.24, 2.45) is 0 Å². The van der Waals surface area contributed by atoms with Crippen molar-refractivity contribution in [3.05, 3.63) is 83.0 Å². The number of hydrogen-bond acceptors (Lipinski definition) is 5. The second kappa shape index (κ2) is 7.51. The Labute approximate surface area is 158 Å². The van der Waals surface area contributed by atoms with Gasteiger partial charge in [-0.15, -0.1) is 11.3 Å². The van der Waals surface area contributed by atoms with E-state index in [1.54, 1.807) is 18.3 Å². The molecule has 0 saturated heterocycles. The number of halogens is 1. The van der Waals surface area contributed by atoms with Crippen LogP contribution in [-0.4, -0.2) is 15.9 Å². The molecule has 27 heavy (non-hydrogen) atoms. The van der Waals surface area contributed by atoms with Crippen LogP contribution in [0.2, 0.25) is 0 Å². The summed E-state index contributed by atoms with van der Waals surface area (Å²) in [6.45, 7) is 0. The fraction of sp³-hybridized carbons (Fsp3) is 0.0500. The summed E-state index contributed by atoms with van der Waals surface area (Å²) in [7, 11) is 0. The zero-order valence-electron chi connectivity index (χ0n) is 14.1. The highest BCUT2D eigenvalue weighted by Gasteiger charge is 2.07. The Morgan fingerprint density at radius 2 is 2.00 bits per heavy atom. The monoisotopic (exact) mass is 379 g/mol. The number of aromatic nitrogens is 2. The number of nitrogens with zero attached hydrogens (tertiary/aromatic N) is 2. The fourth-order valence-corrected chi connectivity index (χ4v) is 3.36. The van der Waals surface area contributed by atoms with E-state index in [9.17, 15) is 9.18 Å². The Balaban J connectivity index is 1.38. The van der Waals surface area contributed by atoms with E-state index in [4.69, 9.17) is 4.42 Å². The third-order valence-electron chi connectivity index (χ3n) is 3.76. The molecule has 0 aliphatic rings. The highest BCUT2D eigenvalue weighted by molar-refractivity contribution is 7.15. The maximum atomic E-state index is 13.0. The molecule has 2 aromatic heterocycles. The van der Waals surface area contributed by atoms with E-state index < -0.39 is 0 Å². The number of nitrogens with one attached hydrogen (secondary N) is 1. The average Bonchev–Trinajstić information content (AvgIpc) is 3.28. The van der Waals surface area contributed by atoms with E-state index in [0.717, 1.165) is 16.0 Å². The van der Waals surface area contributed by atoms with Crippen molar-refractivity contribution < 1.29 is 13.6 Å². The van der Waals surface area contributed by atoms with Crippen LogP contribution in [0.5, 0.6) is 0 Å². The van der Waals surface area contributed by atoms with Gasteiger partial charge < -0.3 is 4.42 Å². The van der Waals surface area contributed by atoms with Crippen LogP contribution in [0.4, 0.5) is 9.52 Å². The number of rotatable bonds is 5. The van der Waals surface area contributed by atoms with Gasteiger partial charge in [-0.05, 0) is 29.8 Å². The summed E-state index contributed by atoms with van der Waals surface area (Å²) < 4.78 is 18.5. The van der Waals surface area contributed by atoms with E-state index in [1.165, 1.54) is 35.6 Å². The van der Waals surface area contributed by atoms with Crippen LogP contribution < -0.4 is 5.32 Å². The van der Waals surface area contributed by atoms with Gasteiger partial charge in [0.05, 0.1) is 0 Å². The van der Waals surface area contributed by atoms with Gasteiger partial charge in [-0.3, -0.25) is 10.1 Å². The summed E-state index contributed by atoms with van der Waals surface area (Å²) in [4.78, 5) is 21.5. The molecule has 0 unspecified atom stereocenters. The molecule has 0 fully saturated rings. The number of para-hydroxylation sites is 2. The van der Waals surface area contributed by atoms with E-state index in [1.807, 2.05) is 24.3 Å². The number of carbonyl (C=O) groups is 1. The molecular weight excluding hydrogens is 365 g/mol. The van der Waals surface area contributed by atoms with Crippen molar-refractivity contribution in [3.63, 3.8) is 0 Å². The van der Waals surface area contributed by atoms with Gasteiger partial charge in [0.15, 0.2) is 10.7 Å². The lowest BCUT2D eigenvalue weighted by atomic mass is 10.1. The summed E-state index contributed by atoms with van der Waals surface area (Å²) in [5.74, 6) is -0.218. The predicted molar refractivity (Wildman–Crippen MR) is 103 cm³/mol. The molecule has 4 aromatic rings. The standard InChI is InChI=1S/C20H14FN3O2S/c21-14-7-5-13(6-8-14)11-15-12-22-20(27-15)24-18(25)9-10-19-23-16-3-1-2-4-17(16)26-19/h1-10,12H,11H2,(H,22,24,25)/b10-9+. The number of carbonyl (C=O) groups excluding carboxylic acids is 1. The summed E-state index contributed by atoms with van der Waals surface area (Å²) in [5.41, 5.74) is 2.39. The molecule has 0 atom stereocenters. The summed E-state index contributed by atoms with van der Waals surface area (Å²) in [5, 5.41) is 3.21. The third-order valence-corrected chi connectivity index (χ3v) is 4.68. The molecule has 0 bridgehead atoms. The molecule has 0 aliphatic carbocycles. The van der Waals surface area contributed by atoms with Crippen LogP contribution in [0, 0.1) is 5.82 Å². The minimum atomic E-state index is -0.320. The van der Waals surface area contributed by atoms with Gasteiger partial charge >= 0.3 is 0 Å². The van der Waals surface area contributed by atoms with Gasteiger partial charge in [-0.1, -0.05) is 24.3 Å². The Hall–Kier alpha value is -3.32. The molecule has 134 valence electrons. The van der Waals surface area contributed by atoms with Crippen LogP contribution in [0.3, 0.4) is 0 Å². The molecule has 2 aromatic carbocycles. The molecule has 1 N–H and O–H groups in total. The molecule has 1 amide bonds. The molecular formula is C20H14FN3O2S. The molecule has 0 spiro atoms. The van der Waals surface area contributed by atoms with Gasteiger partial charge in [0.25, 0.3) is 0 Å².